The lowest BCUT2D eigenvalue weighted by atomic mass is 10.2. The maximum Gasteiger partial charge on any atom is 0.264 e. The first-order valence-electron chi connectivity index (χ1n) is 7.86. The third-order valence-corrected chi connectivity index (χ3v) is 6.29. The third-order valence-electron chi connectivity index (χ3n) is 3.79. The number of hydrogen-bond acceptors (Lipinski definition) is 6. The highest BCUT2D eigenvalue weighted by Crippen LogP contribution is 2.25. The van der Waals surface area contributed by atoms with Gasteiger partial charge in [0.1, 0.15) is 5.01 Å². The Morgan fingerprint density at radius 2 is 1.96 bits per heavy atom. The van der Waals surface area contributed by atoms with Crippen LogP contribution in [0.15, 0.2) is 65.0 Å². The molecule has 1 heterocycles. The van der Waals surface area contributed by atoms with Crippen LogP contribution in [0.3, 0.4) is 0 Å². The molecule has 0 radical (unpaired) electrons. The quantitative estimate of drug-likeness (QED) is 0.638. The van der Waals surface area contributed by atoms with Crippen molar-refractivity contribution in [2.75, 3.05) is 19.5 Å². The molecule has 3 rings (SSSR count). The van der Waals surface area contributed by atoms with Gasteiger partial charge < -0.3 is 5.32 Å². The van der Waals surface area contributed by atoms with E-state index in [2.05, 4.69) is 10.3 Å². The van der Waals surface area contributed by atoms with Gasteiger partial charge in [-0.25, -0.2) is 13.4 Å². The largest absolute Gasteiger partial charge is 0.322 e. The van der Waals surface area contributed by atoms with E-state index in [4.69, 9.17) is 4.84 Å². The lowest BCUT2D eigenvalue weighted by molar-refractivity contribution is -0.0258. The van der Waals surface area contributed by atoms with E-state index in [0.717, 1.165) is 15.0 Å². The van der Waals surface area contributed by atoms with Gasteiger partial charge in [0.25, 0.3) is 15.9 Å². The highest BCUT2D eigenvalue weighted by Gasteiger charge is 2.22. The zero-order chi connectivity index (χ0) is 19.4. The summed E-state index contributed by atoms with van der Waals surface area (Å²) in [5, 5.41) is 5.51. The first kappa shape index (κ1) is 19.2. The van der Waals surface area contributed by atoms with E-state index in [9.17, 15) is 13.2 Å². The minimum absolute atomic E-state index is 0.0314. The summed E-state index contributed by atoms with van der Waals surface area (Å²) in [4.78, 5) is 21.5. The predicted molar refractivity (Wildman–Crippen MR) is 104 cm³/mol. The first-order valence-corrected chi connectivity index (χ1v) is 10.2. The number of carbonyl (C=O) groups excluding carboxylic acids is 1. The van der Waals surface area contributed by atoms with Gasteiger partial charge in [0.05, 0.1) is 12.0 Å². The SMILES string of the molecule is CON(C)S(=O)(=O)c1cccc(C(=O)Nc2cccc(-c3nccs3)c2)c1. The second-order valence-corrected chi connectivity index (χ2v) is 8.33. The van der Waals surface area contributed by atoms with Crippen molar-refractivity contribution in [2.45, 2.75) is 4.90 Å². The second-order valence-electron chi connectivity index (χ2n) is 5.50. The van der Waals surface area contributed by atoms with E-state index in [0.29, 0.717) is 5.69 Å². The molecule has 0 spiro atoms. The smallest absolute Gasteiger partial charge is 0.264 e. The van der Waals surface area contributed by atoms with Crippen LogP contribution >= 0.6 is 11.3 Å². The first-order chi connectivity index (χ1) is 12.9. The van der Waals surface area contributed by atoms with Gasteiger partial charge in [-0.15, -0.1) is 11.3 Å². The van der Waals surface area contributed by atoms with Crippen LogP contribution in [0.25, 0.3) is 10.6 Å². The summed E-state index contributed by atoms with van der Waals surface area (Å²) in [7, 11) is -1.29. The predicted octanol–water partition coefficient (Wildman–Crippen LogP) is 3.24. The van der Waals surface area contributed by atoms with Gasteiger partial charge in [-0.05, 0) is 30.3 Å². The van der Waals surface area contributed by atoms with Gasteiger partial charge in [0.15, 0.2) is 0 Å². The fraction of sp³-hybridized carbons (Fsp3) is 0.111. The average Bonchev–Trinajstić information content (AvgIpc) is 3.22. The van der Waals surface area contributed by atoms with E-state index in [1.54, 1.807) is 18.3 Å². The molecule has 0 saturated carbocycles. The van der Waals surface area contributed by atoms with Crippen molar-refractivity contribution in [1.29, 1.82) is 0 Å². The van der Waals surface area contributed by atoms with Crippen LogP contribution in [0.4, 0.5) is 5.69 Å². The summed E-state index contributed by atoms with van der Waals surface area (Å²) in [5.41, 5.74) is 1.70. The standard InChI is InChI=1S/C18H17N3O4S2/c1-21(25-2)27(23,24)16-8-4-5-13(12-16)17(22)20-15-7-3-6-14(11-15)18-19-9-10-26-18/h3-12H,1-2H3,(H,20,22). The number of nitrogens with zero attached hydrogens (tertiary/aromatic N) is 2. The molecule has 1 amide bonds. The second kappa shape index (κ2) is 7.97. The summed E-state index contributed by atoms with van der Waals surface area (Å²) in [6, 6.07) is 13.1. The number of amides is 1. The molecule has 0 aliphatic rings. The van der Waals surface area contributed by atoms with E-state index < -0.39 is 15.9 Å². The normalized spacial score (nSPS) is 11.5. The fourth-order valence-electron chi connectivity index (χ4n) is 2.34. The fourth-order valence-corrected chi connectivity index (χ4v) is 4.00. The molecule has 7 nitrogen and oxygen atoms in total. The van der Waals surface area contributed by atoms with Crippen molar-refractivity contribution in [1.82, 2.24) is 9.45 Å². The molecular weight excluding hydrogens is 386 g/mol. The number of hydroxylamine groups is 1. The van der Waals surface area contributed by atoms with E-state index in [1.165, 1.54) is 43.7 Å². The summed E-state index contributed by atoms with van der Waals surface area (Å²) >= 11 is 1.50. The highest BCUT2D eigenvalue weighted by atomic mass is 32.2. The van der Waals surface area contributed by atoms with Crippen LogP contribution in [0.5, 0.6) is 0 Å². The molecule has 0 bridgehead atoms. The minimum Gasteiger partial charge on any atom is -0.322 e. The molecule has 27 heavy (non-hydrogen) atoms. The van der Waals surface area contributed by atoms with Gasteiger partial charge in [-0.3, -0.25) is 9.63 Å². The van der Waals surface area contributed by atoms with Gasteiger partial charge >= 0.3 is 0 Å². The number of aromatic nitrogens is 1. The lowest BCUT2D eigenvalue weighted by Gasteiger charge is -2.14. The molecule has 3 aromatic rings. The van der Waals surface area contributed by atoms with Crippen molar-refractivity contribution in [3.63, 3.8) is 0 Å². The Balaban J connectivity index is 1.83. The molecule has 0 fully saturated rings. The number of hydrogen-bond donors (Lipinski definition) is 1. The molecule has 2 aromatic carbocycles. The molecule has 140 valence electrons. The Kier molecular flexibility index (Phi) is 5.66. The molecule has 0 unspecified atom stereocenters. The van der Waals surface area contributed by atoms with Gasteiger partial charge in [-0.1, -0.05) is 22.7 Å². The maximum absolute atomic E-state index is 12.6. The monoisotopic (exact) mass is 403 g/mol. The Bertz CT molecular complexity index is 1050. The Morgan fingerprint density at radius 1 is 1.19 bits per heavy atom. The van der Waals surface area contributed by atoms with Crippen LogP contribution < -0.4 is 5.32 Å². The lowest BCUT2D eigenvalue weighted by Crippen LogP contribution is -2.26. The summed E-state index contributed by atoms with van der Waals surface area (Å²) in [5.74, 6) is -0.414. The number of anilines is 1. The van der Waals surface area contributed by atoms with E-state index >= 15 is 0 Å². The average molecular weight is 403 g/mol. The summed E-state index contributed by atoms with van der Waals surface area (Å²) < 4.78 is 25.4. The van der Waals surface area contributed by atoms with Gasteiger partial charge in [0, 0.05) is 35.4 Å². The topological polar surface area (TPSA) is 88.6 Å². The van der Waals surface area contributed by atoms with Crippen LogP contribution in [0.1, 0.15) is 10.4 Å². The number of sulfonamides is 1. The number of rotatable bonds is 6. The molecule has 1 aromatic heterocycles. The maximum atomic E-state index is 12.6. The molecule has 9 heteroatoms. The van der Waals surface area contributed by atoms with Crippen molar-refractivity contribution in [2.24, 2.45) is 0 Å². The summed E-state index contributed by atoms with van der Waals surface area (Å²) in [6.45, 7) is 0. The van der Waals surface area contributed by atoms with Gasteiger partial charge in [0.2, 0.25) is 0 Å². The Hall–Kier alpha value is -2.59. The van der Waals surface area contributed by atoms with E-state index in [-0.39, 0.29) is 10.5 Å². The minimum atomic E-state index is -3.83. The number of carbonyl (C=O) groups is 1. The molecular formula is C18H17N3O4S2. The number of nitrogens with one attached hydrogen (secondary N) is 1. The van der Waals surface area contributed by atoms with Crippen molar-refractivity contribution in [3.05, 3.63) is 65.7 Å². The van der Waals surface area contributed by atoms with Crippen LogP contribution in [0, 0.1) is 0 Å². The van der Waals surface area contributed by atoms with Crippen molar-refractivity contribution < 1.29 is 18.0 Å². The number of thiazole rings is 1. The van der Waals surface area contributed by atoms with Crippen molar-refractivity contribution >= 4 is 33.0 Å². The number of benzene rings is 2. The third kappa shape index (κ3) is 4.22. The van der Waals surface area contributed by atoms with Gasteiger partial charge in [-0.2, -0.15) is 0 Å². The highest BCUT2D eigenvalue weighted by molar-refractivity contribution is 7.89. The van der Waals surface area contributed by atoms with Crippen LogP contribution in [-0.2, 0) is 14.9 Å². The summed E-state index contributed by atoms with van der Waals surface area (Å²) in [6.07, 6.45) is 1.72. The Morgan fingerprint density at radius 3 is 2.67 bits per heavy atom. The zero-order valence-electron chi connectivity index (χ0n) is 14.6. The van der Waals surface area contributed by atoms with Crippen LogP contribution in [0.2, 0.25) is 0 Å². The molecule has 0 aliphatic heterocycles. The molecule has 0 atom stereocenters. The van der Waals surface area contributed by atoms with E-state index in [1.807, 2.05) is 23.6 Å². The van der Waals surface area contributed by atoms with Crippen molar-refractivity contribution in [3.8, 4) is 10.6 Å². The zero-order valence-corrected chi connectivity index (χ0v) is 16.3. The van der Waals surface area contributed by atoms with Crippen LogP contribution in [-0.4, -0.2) is 37.9 Å². The molecule has 0 saturated heterocycles. The molecule has 0 aliphatic carbocycles. The molecule has 1 N–H and O–H groups in total. The Labute approximate surface area is 161 Å².